The third kappa shape index (κ3) is 3.04. The molecular weight excluding hydrogens is 240 g/mol. The molecular formula is C15H16N2O2. The Bertz CT molecular complexity index is 609. The van der Waals surface area contributed by atoms with E-state index >= 15 is 0 Å². The number of aryl methyl sites for hydroxylation is 1. The number of anilines is 1. The summed E-state index contributed by atoms with van der Waals surface area (Å²) in [7, 11) is 0. The summed E-state index contributed by atoms with van der Waals surface area (Å²) in [5.74, 6) is 0.253. The van der Waals surface area contributed by atoms with E-state index in [9.17, 15) is 4.79 Å². The van der Waals surface area contributed by atoms with Gasteiger partial charge in [-0.3, -0.25) is 4.79 Å². The maximum Gasteiger partial charge on any atom is 0.249 e. The number of benzene rings is 2. The Kier molecular flexibility index (Phi) is 3.71. The van der Waals surface area contributed by atoms with Gasteiger partial charge in [0.1, 0.15) is 12.4 Å². The lowest BCUT2D eigenvalue weighted by Gasteiger charge is -2.11. The van der Waals surface area contributed by atoms with Gasteiger partial charge in [-0.25, -0.2) is 0 Å². The molecule has 1 amide bonds. The van der Waals surface area contributed by atoms with E-state index in [1.165, 1.54) is 0 Å². The third-order valence-electron chi connectivity index (χ3n) is 2.88. The highest BCUT2D eigenvalue weighted by atomic mass is 16.5. The van der Waals surface area contributed by atoms with Crippen LogP contribution in [0.5, 0.6) is 5.75 Å². The van der Waals surface area contributed by atoms with E-state index in [4.69, 9.17) is 16.2 Å². The first-order valence-electron chi connectivity index (χ1n) is 5.94. The highest BCUT2D eigenvalue weighted by molar-refractivity contribution is 5.94. The molecule has 0 atom stereocenters. The Labute approximate surface area is 112 Å². The molecule has 0 aromatic heterocycles. The summed E-state index contributed by atoms with van der Waals surface area (Å²) in [6, 6.07) is 12.6. The van der Waals surface area contributed by atoms with Crippen molar-refractivity contribution in [3.63, 3.8) is 0 Å². The monoisotopic (exact) mass is 256 g/mol. The number of ether oxygens (including phenoxy) is 1. The van der Waals surface area contributed by atoms with Crippen LogP contribution in [0.25, 0.3) is 0 Å². The minimum Gasteiger partial charge on any atom is -0.489 e. The third-order valence-corrected chi connectivity index (χ3v) is 2.88. The first-order valence-corrected chi connectivity index (χ1v) is 5.94. The average Bonchev–Trinajstić information content (AvgIpc) is 2.40. The lowest BCUT2D eigenvalue weighted by atomic mass is 10.1. The number of carbonyl (C=O) groups is 1. The molecule has 4 N–H and O–H groups in total. The summed E-state index contributed by atoms with van der Waals surface area (Å²) < 4.78 is 5.71. The van der Waals surface area contributed by atoms with Crippen LogP contribution >= 0.6 is 0 Å². The largest absolute Gasteiger partial charge is 0.489 e. The van der Waals surface area contributed by atoms with Crippen molar-refractivity contribution in [2.24, 2.45) is 5.73 Å². The normalized spacial score (nSPS) is 10.2. The van der Waals surface area contributed by atoms with Crippen molar-refractivity contribution in [2.45, 2.75) is 13.5 Å². The molecule has 0 aliphatic heterocycles. The van der Waals surface area contributed by atoms with Gasteiger partial charge in [-0.15, -0.1) is 0 Å². The lowest BCUT2D eigenvalue weighted by Crippen LogP contribution is -2.14. The molecule has 0 spiro atoms. The Morgan fingerprint density at radius 3 is 2.68 bits per heavy atom. The molecule has 0 aliphatic rings. The molecule has 4 heteroatoms. The molecule has 2 aromatic rings. The van der Waals surface area contributed by atoms with Crippen LogP contribution in [0, 0.1) is 6.92 Å². The highest BCUT2D eigenvalue weighted by Gasteiger charge is 2.08. The van der Waals surface area contributed by atoms with Crippen LogP contribution in [0.2, 0.25) is 0 Å². The zero-order chi connectivity index (χ0) is 13.8. The smallest absolute Gasteiger partial charge is 0.249 e. The van der Waals surface area contributed by atoms with Gasteiger partial charge in [-0.2, -0.15) is 0 Å². The lowest BCUT2D eigenvalue weighted by molar-refractivity contribution is 0.0998. The molecule has 2 rings (SSSR count). The van der Waals surface area contributed by atoms with Crippen LogP contribution in [0.15, 0.2) is 42.5 Å². The molecule has 0 bridgehead atoms. The molecule has 4 nitrogen and oxygen atoms in total. The van der Waals surface area contributed by atoms with Crippen LogP contribution in [-0.4, -0.2) is 5.91 Å². The van der Waals surface area contributed by atoms with Crippen molar-refractivity contribution < 1.29 is 9.53 Å². The summed E-state index contributed by atoms with van der Waals surface area (Å²) in [6.07, 6.45) is 0. The molecule has 2 aromatic carbocycles. The molecule has 19 heavy (non-hydrogen) atoms. The van der Waals surface area contributed by atoms with Crippen molar-refractivity contribution in [1.82, 2.24) is 0 Å². The molecule has 0 heterocycles. The van der Waals surface area contributed by atoms with Crippen LogP contribution in [-0.2, 0) is 6.61 Å². The second kappa shape index (κ2) is 5.44. The molecule has 0 saturated carbocycles. The SMILES string of the molecule is Cc1ccc(N)cc1OCc1ccccc1C(N)=O. The van der Waals surface area contributed by atoms with E-state index in [0.29, 0.717) is 17.0 Å². The fraction of sp³-hybridized carbons (Fsp3) is 0.133. The number of carbonyl (C=O) groups excluding carboxylic acids is 1. The van der Waals surface area contributed by atoms with Crippen LogP contribution < -0.4 is 16.2 Å². The van der Waals surface area contributed by atoms with Gasteiger partial charge < -0.3 is 16.2 Å². The standard InChI is InChI=1S/C15H16N2O2/c1-10-6-7-12(16)8-14(10)19-9-11-4-2-3-5-13(11)15(17)18/h2-8H,9,16H2,1H3,(H2,17,18). The van der Waals surface area contributed by atoms with Gasteiger partial charge in [0.2, 0.25) is 5.91 Å². The van der Waals surface area contributed by atoms with Crippen molar-refractivity contribution >= 4 is 11.6 Å². The summed E-state index contributed by atoms with van der Waals surface area (Å²) >= 11 is 0. The Balaban J connectivity index is 2.19. The van der Waals surface area contributed by atoms with Gasteiger partial charge in [0.25, 0.3) is 0 Å². The maximum atomic E-state index is 11.3. The van der Waals surface area contributed by atoms with E-state index in [2.05, 4.69) is 0 Å². The molecule has 98 valence electrons. The number of nitrogens with two attached hydrogens (primary N) is 2. The maximum absolute atomic E-state index is 11.3. The van der Waals surface area contributed by atoms with E-state index in [0.717, 1.165) is 11.1 Å². The van der Waals surface area contributed by atoms with Crippen molar-refractivity contribution in [2.75, 3.05) is 5.73 Å². The van der Waals surface area contributed by atoms with Crippen LogP contribution in [0.3, 0.4) is 0 Å². The summed E-state index contributed by atoms with van der Waals surface area (Å²) in [5, 5.41) is 0. The second-order valence-electron chi connectivity index (χ2n) is 4.34. The number of amides is 1. The molecule has 0 radical (unpaired) electrons. The number of rotatable bonds is 4. The average molecular weight is 256 g/mol. The van der Waals surface area contributed by atoms with Crippen molar-refractivity contribution in [1.29, 1.82) is 0 Å². The van der Waals surface area contributed by atoms with E-state index in [1.54, 1.807) is 18.2 Å². The van der Waals surface area contributed by atoms with Gasteiger partial charge >= 0.3 is 0 Å². The molecule has 0 aliphatic carbocycles. The van der Waals surface area contributed by atoms with Gasteiger partial charge in [0, 0.05) is 22.9 Å². The van der Waals surface area contributed by atoms with Gasteiger partial charge in [-0.05, 0) is 24.6 Å². The van der Waals surface area contributed by atoms with Gasteiger partial charge in [0.05, 0.1) is 0 Å². The van der Waals surface area contributed by atoms with Crippen molar-refractivity contribution in [3.05, 3.63) is 59.2 Å². The summed E-state index contributed by atoms with van der Waals surface area (Å²) in [4.78, 5) is 11.3. The highest BCUT2D eigenvalue weighted by Crippen LogP contribution is 2.22. The molecule has 0 fully saturated rings. The van der Waals surface area contributed by atoms with E-state index in [1.807, 2.05) is 31.2 Å². The fourth-order valence-corrected chi connectivity index (χ4v) is 1.81. The van der Waals surface area contributed by atoms with Crippen molar-refractivity contribution in [3.8, 4) is 5.75 Å². The second-order valence-corrected chi connectivity index (χ2v) is 4.34. The Morgan fingerprint density at radius 2 is 1.95 bits per heavy atom. The van der Waals surface area contributed by atoms with Crippen LogP contribution in [0.4, 0.5) is 5.69 Å². The van der Waals surface area contributed by atoms with Gasteiger partial charge in [-0.1, -0.05) is 24.3 Å². The predicted molar refractivity (Wildman–Crippen MR) is 74.9 cm³/mol. The summed E-state index contributed by atoms with van der Waals surface area (Å²) in [6.45, 7) is 2.22. The predicted octanol–water partition coefficient (Wildman–Crippen LogP) is 2.26. The minimum atomic E-state index is -0.455. The minimum absolute atomic E-state index is 0.281. The van der Waals surface area contributed by atoms with E-state index < -0.39 is 5.91 Å². The first-order chi connectivity index (χ1) is 9.08. The summed E-state index contributed by atoms with van der Waals surface area (Å²) in [5.41, 5.74) is 13.9. The fourth-order valence-electron chi connectivity index (χ4n) is 1.81. The van der Waals surface area contributed by atoms with Crippen LogP contribution in [0.1, 0.15) is 21.5 Å². The Hall–Kier alpha value is -2.49. The zero-order valence-corrected chi connectivity index (χ0v) is 10.7. The number of primary amides is 1. The molecule has 0 unspecified atom stereocenters. The number of hydrogen-bond donors (Lipinski definition) is 2. The topological polar surface area (TPSA) is 78.3 Å². The quantitative estimate of drug-likeness (QED) is 0.823. The Morgan fingerprint density at radius 1 is 1.21 bits per heavy atom. The van der Waals surface area contributed by atoms with Gasteiger partial charge in [0.15, 0.2) is 0 Å². The number of nitrogen functional groups attached to an aromatic ring is 1. The number of hydrogen-bond acceptors (Lipinski definition) is 3. The molecule has 0 saturated heterocycles. The zero-order valence-electron chi connectivity index (χ0n) is 10.7. The van der Waals surface area contributed by atoms with E-state index in [-0.39, 0.29) is 6.61 Å². The first kappa shape index (κ1) is 13.0.